The first-order valence-corrected chi connectivity index (χ1v) is 6.71. The van der Waals surface area contributed by atoms with Crippen molar-refractivity contribution in [3.05, 3.63) is 34.9 Å². The second-order valence-corrected chi connectivity index (χ2v) is 6.65. The third kappa shape index (κ3) is 4.43. The molecule has 0 spiro atoms. The number of hydrogen-bond donors (Lipinski definition) is 1. The molecule has 0 aromatic heterocycles. The van der Waals surface area contributed by atoms with E-state index < -0.39 is 0 Å². The zero-order valence-corrected chi connectivity index (χ0v) is 12.7. The van der Waals surface area contributed by atoms with Crippen molar-refractivity contribution in [3.63, 3.8) is 0 Å². The Morgan fingerprint density at radius 3 is 2.00 bits per heavy atom. The van der Waals surface area contributed by atoms with Gasteiger partial charge in [-0.1, -0.05) is 50.1 Å². The molecule has 2 N–H and O–H groups in total. The summed E-state index contributed by atoms with van der Waals surface area (Å²) in [5, 5.41) is 0. The van der Waals surface area contributed by atoms with Gasteiger partial charge in [0.2, 0.25) is 0 Å². The smallest absolute Gasteiger partial charge is 0.0467 e. The van der Waals surface area contributed by atoms with E-state index in [4.69, 9.17) is 5.73 Å². The van der Waals surface area contributed by atoms with Crippen LogP contribution in [0.5, 0.6) is 0 Å². The van der Waals surface area contributed by atoms with Gasteiger partial charge >= 0.3 is 0 Å². The van der Waals surface area contributed by atoms with Gasteiger partial charge in [-0.05, 0) is 31.9 Å². The molecule has 0 heterocycles. The minimum absolute atomic E-state index is 0.293. The third-order valence-corrected chi connectivity index (χ3v) is 3.11. The van der Waals surface area contributed by atoms with Crippen molar-refractivity contribution in [2.75, 3.05) is 20.1 Å². The van der Waals surface area contributed by atoms with E-state index in [-0.39, 0.29) is 0 Å². The molecule has 0 amide bonds. The Morgan fingerprint density at radius 2 is 1.61 bits per heavy atom. The highest BCUT2D eigenvalue weighted by Crippen LogP contribution is 2.24. The van der Waals surface area contributed by atoms with Crippen molar-refractivity contribution < 1.29 is 0 Å². The fourth-order valence-corrected chi connectivity index (χ4v) is 2.63. The summed E-state index contributed by atoms with van der Waals surface area (Å²) in [4.78, 5) is 2.37. The van der Waals surface area contributed by atoms with Gasteiger partial charge in [0.15, 0.2) is 0 Å². The van der Waals surface area contributed by atoms with Crippen LogP contribution in [0.25, 0.3) is 0 Å². The molecule has 1 atom stereocenters. The zero-order valence-electron chi connectivity index (χ0n) is 12.7. The van der Waals surface area contributed by atoms with Crippen LogP contribution in [0.2, 0.25) is 0 Å². The molecule has 1 aromatic carbocycles. The average molecular weight is 248 g/mol. The number of likely N-dealkylation sites (N-methyl/N-ethyl adjacent to an activating group) is 1. The molecule has 0 saturated carbocycles. The van der Waals surface area contributed by atoms with Crippen LogP contribution in [0, 0.1) is 19.3 Å². The van der Waals surface area contributed by atoms with Crippen LogP contribution in [-0.2, 0) is 0 Å². The van der Waals surface area contributed by atoms with Gasteiger partial charge in [-0.3, -0.25) is 4.90 Å². The topological polar surface area (TPSA) is 29.3 Å². The predicted molar refractivity (Wildman–Crippen MR) is 79.8 cm³/mol. The molecule has 2 heteroatoms. The van der Waals surface area contributed by atoms with Crippen molar-refractivity contribution in [2.24, 2.45) is 11.1 Å². The van der Waals surface area contributed by atoms with Crippen LogP contribution < -0.4 is 5.73 Å². The first-order chi connectivity index (χ1) is 8.23. The second kappa shape index (κ2) is 5.85. The van der Waals surface area contributed by atoms with Crippen molar-refractivity contribution in [1.29, 1.82) is 0 Å². The Bertz CT molecular complexity index is 370. The van der Waals surface area contributed by atoms with Gasteiger partial charge < -0.3 is 5.73 Å². The van der Waals surface area contributed by atoms with Gasteiger partial charge in [-0.15, -0.1) is 0 Å². The number of nitrogens with zero attached hydrogens (tertiary/aromatic N) is 1. The van der Waals surface area contributed by atoms with E-state index in [2.05, 4.69) is 64.8 Å². The zero-order chi connectivity index (χ0) is 13.9. The predicted octanol–water partition coefficient (Wildman–Crippen LogP) is 3.28. The molecule has 0 saturated heterocycles. The largest absolute Gasteiger partial charge is 0.329 e. The van der Waals surface area contributed by atoms with E-state index in [9.17, 15) is 0 Å². The summed E-state index contributed by atoms with van der Waals surface area (Å²) in [6.45, 7) is 12.8. The molecule has 18 heavy (non-hydrogen) atoms. The lowest BCUT2D eigenvalue weighted by atomic mass is 9.94. The Morgan fingerprint density at radius 1 is 1.11 bits per heavy atom. The number of hydrogen-bond acceptors (Lipinski definition) is 2. The first kappa shape index (κ1) is 15.2. The summed E-state index contributed by atoms with van der Waals surface area (Å²) >= 11 is 0. The first-order valence-electron chi connectivity index (χ1n) is 6.71. The Labute approximate surface area is 112 Å². The molecule has 1 aromatic rings. The highest BCUT2D eigenvalue weighted by Gasteiger charge is 2.21. The van der Waals surface area contributed by atoms with E-state index in [1.807, 2.05) is 0 Å². The van der Waals surface area contributed by atoms with E-state index in [0.29, 0.717) is 18.0 Å². The molecule has 0 radical (unpaired) electrons. The summed E-state index contributed by atoms with van der Waals surface area (Å²) in [7, 11) is 2.17. The quantitative estimate of drug-likeness (QED) is 0.886. The molecular formula is C16H28N2. The molecule has 0 aliphatic heterocycles. The van der Waals surface area contributed by atoms with Gasteiger partial charge in [-0.2, -0.15) is 0 Å². The van der Waals surface area contributed by atoms with Crippen molar-refractivity contribution in [2.45, 2.75) is 40.7 Å². The summed E-state index contributed by atoms with van der Waals surface area (Å²) in [5.41, 5.74) is 10.2. The lowest BCUT2D eigenvalue weighted by Crippen LogP contribution is -2.36. The van der Waals surface area contributed by atoms with E-state index in [1.54, 1.807) is 0 Å². The fourth-order valence-electron chi connectivity index (χ4n) is 2.63. The molecular weight excluding hydrogens is 220 g/mol. The van der Waals surface area contributed by atoms with Crippen LogP contribution in [0.15, 0.2) is 18.2 Å². The standard InChI is InChI=1S/C16H28N2/c1-12-7-13(2)9-14(8-12)15(10-17)18(6)11-16(3,4)5/h7-9,15H,10-11,17H2,1-6H3. The molecule has 102 valence electrons. The summed E-state index contributed by atoms with van der Waals surface area (Å²) in [5.74, 6) is 0. The van der Waals surface area contributed by atoms with E-state index >= 15 is 0 Å². The second-order valence-electron chi connectivity index (χ2n) is 6.65. The molecule has 1 rings (SSSR count). The lowest BCUT2D eigenvalue weighted by Gasteiger charge is -2.33. The summed E-state index contributed by atoms with van der Waals surface area (Å²) < 4.78 is 0. The fraction of sp³-hybridized carbons (Fsp3) is 0.625. The van der Waals surface area contributed by atoms with Gasteiger partial charge in [0.1, 0.15) is 0 Å². The number of aryl methyl sites for hydroxylation is 2. The van der Waals surface area contributed by atoms with Crippen molar-refractivity contribution in [1.82, 2.24) is 4.90 Å². The Kier molecular flexibility index (Phi) is 4.94. The maximum absolute atomic E-state index is 5.98. The van der Waals surface area contributed by atoms with Crippen LogP contribution in [-0.4, -0.2) is 25.0 Å². The molecule has 0 aliphatic rings. The highest BCUT2D eigenvalue weighted by molar-refractivity contribution is 5.31. The van der Waals surface area contributed by atoms with Crippen LogP contribution in [0.3, 0.4) is 0 Å². The van der Waals surface area contributed by atoms with E-state index in [0.717, 1.165) is 6.54 Å². The van der Waals surface area contributed by atoms with E-state index in [1.165, 1.54) is 16.7 Å². The lowest BCUT2D eigenvalue weighted by molar-refractivity contribution is 0.175. The molecule has 1 unspecified atom stereocenters. The average Bonchev–Trinajstić information content (AvgIpc) is 2.13. The minimum Gasteiger partial charge on any atom is -0.329 e. The highest BCUT2D eigenvalue weighted by atomic mass is 15.1. The maximum Gasteiger partial charge on any atom is 0.0467 e. The normalized spacial score (nSPS) is 14.0. The van der Waals surface area contributed by atoms with Gasteiger partial charge in [0, 0.05) is 19.1 Å². The van der Waals surface area contributed by atoms with Gasteiger partial charge in [0.25, 0.3) is 0 Å². The number of benzene rings is 1. The van der Waals surface area contributed by atoms with Crippen LogP contribution in [0.4, 0.5) is 0 Å². The molecule has 0 fully saturated rings. The molecule has 0 aliphatic carbocycles. The number of rotatable bonds is 4. The van der Waals surface area contributed by atoms with Gasteiger partial charge in [0.05, 0.1) is 0 Å². The van der Waals surface area contributed by atoms with Crippen LogP contribution in [0.1, 0.15) is 43.5 Å². The SMILES string of the molecule is Cc1cc(C)cc(C(CN)N(C)CC(C)(C)C)c1. The summed E-state index contributed by atoms with van der Waals surface area (Å²) in [6, 6.07) is 7.02. The Hall–Kier alpha value is -0.860. The minimum atomic E-state index is 0.293. The Balaban J connectivity index is 2.95. The number of nitrogens with two attached hydrogens (primary N) is 1. The van der Waals surface area contributed by atoms with Crippen LogP contribution >= 0.6 is 0 Å². The third-order valence-electron chi connectivity index (χ3n) is 3.11. The maximum atomic E-state index is 5.98. The van der Waals surface area contributed by atoms with Crippen molar-refractivity contribution >= 4 is 0 Å². The van der Waals surface area contributed by atoms with Gasteiger partial charge in [-0.25, -0.2) is 0 Å². The monoisotopic (exact) mass is 248 g/mol. The molecule has 0 bridgehead atoms. The molecule has 2 nitrogen and oxygen atoms in total. The summed E-state index contributed by atoms with van der Waals surface area (Å²) in [6.07, 6.45) is 0. The van der Waals surface area contributed by atoms with Crippen molar-refractivity contribution in [3.8, 4) is 0 Å².